The molecule has 23 heavy (non-hydrogen) atoms. The molecule has 0 aliphatic heterocycles. The van der Waals surface area contributed by atoms with Gasteiger partial charge in [0.1, 0.15) is 5.82 Å². The number of hydrogen-bond donors (Lipinski definition) is 2. The highest BCUT2D eigenvalue weighted by molar-refractivity contribution is 14.0. The summed E-state index contributed by atoms with van der Waals surface area (Å²) >= 11 is 0. The third-order valence-corrected chi connectivity index (χ3v) is 4.18. The molecule has 0 saturated heterocycles. The number of nitrogens with zero attached hydrogens (tertiary/aromatic N) is 4. The van der Waals surface area contributed by atoms with E-state index in [1.165, 1.54) is 32.1 Å². The normalized spacial score (nSPS) is 16.3. The molecule has 0 spiro atoms. The van der Waals surface area contributed by atoms with E-state index >= 15 is 0 Å². The molecule has 1 aliphatic rings. The first-order chi connectivity index (χ1) is 10.8. The average Bonchev–Trinajstić information content (AvgIpc) is 2.96. The third-order valence-electron chi connectivity index (χ3n) is 4.18. The lowest BCUT2D eigenvalue weighted by atomic mass is 9.96. The van der Waals surface area contributed by atoms with E-state index in [0.717, 1.165) is 24.3 Å². The summed E-state index contributed by atoms with van der Waals surface area (Å²) in [5.74, 6) is 1.56. The summed E-state index contributed by atoms with van der Waals surface area (Å²) in [4.78, 5) is 4.42. The van der Waals surface area contributed by atoms with E-state index in [1.807, 2.05) is 28.8 Å². The van der Waals surface area contributed by atoms with Crippen molar-refractivity contribution < 1.29 is 0 Å². The molecule has 0 aromatic carbocycles. The van der Waals surface area contributed by atoms with Gasteiger partial charge >= 0.3 is 0 Å². The summed E-state index contributed by atoms with van der Waals surface area (Å²) in [6, 6.07) is 6.43. The van der Waals surface area contributed by atoms with Gasteiger partial charge in [-0.3, -0.25) is 9.39 Å². The van der Waals surface area contributed by atoms with Crippen LogP contribution in [0.1, 0.15) is 44.3 Å². The topological polar surface area (TPSA) is 80.6 Å². The predicted molar refractivity (Wildman–Crippen MR) is 103 cm³/mol. The molecular weight excluding hydrogens is 403 g/mol. The molecule has 2 aromatic rings. The number of hydrogen-bond acceptors (Lipinski definition) is 3. The summed E-state index contributed by atoms with van der Waals surface area (Å²) in [5.41, 5.74) is 6.85. The molecule has 0 bridgehead atoms. The second kappa shape index (κ2) is 9.05. The molecular formula is C16H25IN6. The highest BCUT2D eigenvalue weighted by Crippen LogP contribution is 2.17. The standard InChI is InChI=1S/C16H24N6.HI/c17-16(19-13-7-2-1-3-8-13)18-11-6-10-15-21-20-14-9-4-5-12-22(14)15;/h4-5,9,12-13H,1-3,6-8,10-11H2,(H3,17,18,19);1H. The fourth-order valence-corrected chi connectivity index (χ4v) is 3.00. The number of nitrogens with two attached hydrogens (primary N) is 1. The van der Waals surface area contributed by atoms with E-state index < -0.39 is 0 Å². The largest absolute Gasteiger partial charge is 0.370 e. The number of halogens is 1. The minimum atomic E-state index is 0. The number of aromatic nitrogens is 3. The predicted octanol–water partition coefficient (Wildman–Crippen LogP) is 2.52. The Morgan fingerprint density at radius 3 is 2.91 bits per heavy atom. The van der Waals surface area contributed by atoms with Crippen molar-refractivity contribution in [3.63, 3.8) is 0 Å². The Hall–Kier alpha value is -1.38. The van der Waals surface area contributed by atoms with Gasteiger partial charge in [0, 0.05) is 25.2 Å². The minimum Gasteiger partial charge on any atom is -0.370 e. The van der Waals surface area contributed by atoms with Crippen molar-refractivity contribution in [2.75, 3.05) is 6.54 Å². The van der Waals surface area contributed by atoms with Crippen molar-refractivity contribution in [2.24, 2.45) is 10.7 Å². The maximum absolute atomic E-state index is 5.96. The van der Waals surface area contributed by atoms with E-state index in [1.54, 1.807) is 0 Å². The molecule has 0 atom stereocenters. The number of aliphatic imine (C=N–C) groups is 1. The maximum atomic E-state index is 5.96. The van der Waals surface area contributed by atoms with E-state index in [9.17, 15) is 0 Å². The van der Waals surface area contributed by atoms with Crippen molar-refractivity contribution in [2.45, 2.75) is 51.0 Å². The van der Waals surface area contributed by atoms with Gasteiger partial charge in [-0.2, -0.15) is 0 Å². The van der Waals surface area contributed by atoms with Crippen molar-refractivity contribution in [1.82, 2.24) is 19.9 Å². The van der Waals surface area contributed by atoms with Crippen molar-refractivity contribution in [3.8, 4) is 0 Å². The Bertz CT molecular complexity index is 632. The summed E-state index contributed by atoms with van der Waals surface area (Å²) in [6.07, 6.45) is 10.1. The Labute approximate surface area is 154 Å². The van der Waals surface area contributed by atoms with Crippen LogP contribution in [0.4, 0.5) is 0 Å². The van der Waals surface area contributed by atoms with Crippen LogP contribution in [0.5, 0.6) is 0 Å². The Morgan fingerprint density at radius 2 is 2.09 bits per heavy atom. The third kappa shape index (κ3) is 5.05. The van der Waals surface area contributed by atoms with Gasteiger partial charge in [0.15, 0.2) is 11.6 Å². The van der Waals surface area contributed by atoms with Crippen molar-refractivity contribution in [1.29, 1.82) is 0 Å². The van der Waals surface area contributed by atoms with E-state index in [0.29, 0.717) is 18.5 Å². The van der Waals surface area contributed by atoms with Crippen molar-refractivity contribution in [3.05, 3.63) is 30.2 Å². The zero-order valence-electron chi connectivity index (χ0n) is 13.3. The van der Waals surface area contributed by atoms with E-state index in [4.69, 9.17) is 5.73 Å². The first kappa shape index (κ1) is 18.0. The molecule has 1 fully saturated rings. The van der Waals surface area contributed by atoms with Gasteiger partial charge in [-0.25, -0.2) is 0 Å². The van der Waals surface area contributed by atoms with Gasteiger partial charge < -0.3 is 11.1 Å². The fraction of sp³-hybridized carbons (Fsp3) is 0.562. The van der Waals surface area contributed by atoms with Crippen LogP contribution in [0, 0.1) is 0 Å². The van der Waals surface area contributed by atoms with Crippen LogP contribution < -0.4 is 11.1 Å². The second-order valence-corrected chi connectivity index (χ2v) is 5.89. The SMILES string of the molecule is I.NC(=NCCCc1nnc2ccccn12)NC1CCCCC1. The number of pyridine rings is 1. The zero-order chi connectivity index (χ0) is 15.2. The molecule has 7 heteroatoms. The Kier molecular flexibility index (Phi) is 7.07. The summed E-state index contributed by atoms with van der Waals surface area (Å²) < 4.78 is 2.02. The average molecular weight is 428 g/mol. The fourth-order valence-electron chi connectivity index (χ4n) is 3.00. The van der Waals surface area contributed by atoms with Crippen LogP contribution in [0.2, 0.25) is 0 Å². The second-order valence-electron chi connectivity index (χ2n) is 5.89. The van der Waals surface area contributed by atoms with E-state index in [-0.39, 0.29) is 24.0 Å². The van der Waals surface area contributed by atoms with Crippen molar-refractivity contribution >= 4 is 35.6 Å². The van der Waals surface area contributed by atoms with Gasteiger partial charge in [-0.05, 0) is 31.4 Å². The molecule has 6 nitrogen and oxygen atoms in total. The molecule has 3 N–H and O–H groups in total. The summed E-state index contributed by atoms with van der Waals surface area (Å²) in [7, 11) is 0. The van der Waals surface area contributed by atoms with E-state index in [2.05, 4.69) is 20.5 Å². The molecule has 1 saturated carbocycles. The highest BCUT2D eigenvalue weighted by Gasteiger charge is 2.13. The van der Waals surface area contributed by atoms with Gasteiger partial charge in [0.25, 0.3) is 0 Å². The van der Waals surface area contributed by atoms with Gasteiger partial charge in [-0.1, -0.05) is 25.3 Å². The number of nitrogens with one attached hydrogen (secondary N) is 1. The van der Waals surface area contributed by atoms with Crippen LogP contribution in [0.3, 0.4) is 0 Å². The van der Waals surface area contributed by atoms with Gasteiger partial charge in [0.05, 0.1) is 0 Å². The van der Waals surface area contributed by atoms with Crippen LogP contribution in [0.25, 0.3) is 5.65 Å². The Morgan fingerprint density at radius 1 is 1.26 bits per heavy atom. The van der Waals surface area contributed by atoms with Crippen LogP contribution in [-0.2, 0) is 6.42 Å². The molecule has 2 heterocycles. The smallest absolute Gasteiger partial charge is 0.188 e. The number of rotatable bonds is 5. The zero-order valence-corrected chi connectivity index (χ0v) is 15.6. The highest BCUT2D eigenvalue weighted by atomic mass is 127. The number of aryl methyl sites for hydroxylation is 1. The number of fused-ring (bicyclic) bond motifs is 1. The first-order valence-corrected chi connectivity index (χ1v) is 8.18. The molecule has 2 aromatic heterocycles. The summed E-state index contributed by atoms with van der Waals surface area (Å²) in [6.45, 7) is 0.716. The molecule has 1 aliphatic carbocycles. The monoisotopic (exact) mass is 428 g/mol. The lowest BCUT2D eigenvalue weighted by Crippen LogP contribution is -2.41. The lowest BCUT2D eigenvalue weighted by Gasteiger charge is -2.23. The number of guanidine groups is 1. The van der Waals surface area contributed by atoms with Gasteiger partial charge in [-0.15, -0.1) is 34.2 Å². The van der Waals surface area contributed by atoms with Crippen LogP contribution >= 0.6 is 24.0 Å². The Balaban J connectivity index is 0.00000192. The maximum Gasteiger partial charge on any atom is 0.188 e. The minimum absolute atomic E-state index is 0. The quantitative estimate of drug-likeness (QED) is 0.332. The molecule has 0 radical (unpaired) electrons. The lowest BCUT2D eigenvalue weighted by molar-refractivity contribution is 0.412. The molecule has 126 valence electrons. The first-order valence-electron chi connectivity index (χ1n) is 8.18. The van der Waals surface area contributed by atoms with Crippen LogP contribution in [-0.4, -0.2) is 33.1 Å². The molecule has 0 amide bonds. The molecule has 0 unspecified atom stereocenters. The van der Waals surface area contributed by atoms with Gasteiger partial charge in [0.2, 0.25) is 0 Å². The molecule has 3 rings (SSSR count). The van der Waals surface area contributed by atoms with Crippen LogP contribution in [0.15, 0.2) is 29.4 Å². The summed E-state index contributed by atoms with van der Waals surface area (Å²) in [5, 5.41) is 11.7.